The van der Waals surface area contributed by atoms with E-state index in [4.69, 9.17) is 4.74 Å². The Bertz CT molecular complexity index is 531. The summed E-state index contributed by atoms with van der Waals surface area (Å²) in [7, 11) is 2.15. The third-order valence-electron chi connectivity index (χ3n) is 3.97. The van der Waals surface area contributed by atoms with E-state index in [1.807, 2.05) is 33.8 Å². The fourth-order valence-corrected chi connectivity index (χ4v) is 2.62. The van der Waals surface area contributed by atoms with Crippen LogP contribution in [-0.4, -0.2) is 49.8 Å². The molecule has 0 bridgehead atoms. The molecule has 1 aromatic carbocycles. The summed E-state index contributed by atoms with van der Waals surface area (Å²) in [5.74, 6) is 0. The van der Waals surface area contributed by atoms with Crippen molar-refractivity contribution in [1.29, 1.82) is 0 Å². The van der Waals surface area contributed by atoms with E-state index in [2.05, 4.69) is 40.4 Å². The minimum absolute atomic E-state index is 0.0859. The Labute approximate surface area is 139 Å². The van der Waals surface area contributed by atoms with E-state index in [-0.39, 0.29) is 12.1 Å². The summed E-state index contributed by atoms with van der Waals surface area (Å²) in [5.41, 5.74) is 1.83. The normalized spacial score (nSPS) is 17.7. The van der Waals surface area contributed by atoms with Crippen LogP contribution in [-0.2, 0) is 4.74 Å². The van der Waals surface area contributed by atoms with Crippen LogP contribution < -0.4 is 10.2 Å². The van der Waals surface area contributed by atoms with Crippen molar-refractivity contribution < 1.29 is 9.53 Å². The predicted octanol–water partition coefficient (Wildman–Crippen LogP) is 3.02. The van der Waals surface area contributed by atoms with Crippen LogP contribution in [0, 0.1) is 0 Å². The molecule has 1 saturated heterocycles. The SMILES string of the molecule is C[C@@H](NC(=O)OC(C)(C)C)c1cccc(N2CCN(C)CC2)c1. The molecule has 0 aromatic heterocycles. The second-order valence-corrected chi connectivity index (χ2v) is 7.25. The topological polar surface area (TPSA) is 44.8 Å². The number of anilines is 1. The highest BCUT2D eigenvalue weighted by atomic mass is 16.6. The first-order valence-electron chi connectivity index (χ1n) is 8.27. The van der Waals surface area contributed by atoms with E-state index in [9.17, 15) is 4.79 Å². The molecule has 1 N–H and O–H groups in total. The zero-order chi connectivity index (χ0) is 17.0. The van der Waals surface area contributed by atoms with Crippen molar-refractivity contribution in [2.75, 3.05) is 38.1 Å². The molecule has 0 aliphatic carbocycles. The monoisotopic (exact) mass is 319 g/mol. The molecule has 2 rings (SSSR count). The maximum atomic E-state index is 11.9. The van der Waals surface area contributed by atoms with Crippen molar-refractivity contribution in [3.63, 3.8) is 0 Å². The smallest absolute Gasteiger partial charge is 0.408 e. The molecule has 5 heteroatoms. The molecule has 1 fully saturated rings. The van der Waals surface area contributed by atoms with Crippen LogP contribution in [0.5, 0.6) is 0 Å². The Morgan fingerprint density at radius 1 is 1.22 bits per heavy atom. The van der Waals surface area contributed by atoms with Gasteiger partial charge in [0.05, 0.1) is 6.04 Å². The van der Waals surface area contributed by atoms with Gasteiger partial charge in [-0.1, -0.05) is 12.1 Å². The molecule has 128 valence electrons. The quantitative estimate of drug-likeness (QED) is 0.930. The highest BCUT2D eigenvalue weighted by Gasteiger charge is 2.19. The van der Waals surface area contributed by atoms with Gasteiger partial charge in [-0.2, -0.15) is 0 Å². The number of alkyl carbamates (subject to hydrolysis) is 1. The molecule has 1 amide bonds. The molecule has 1 aromatic rings. The number of benzene rings is 1. The zero-order valence-electron chi connectivity index (χ0n) is 14.9. The van der Waals surface area contributed by atoms with Crippen LogP contribution in [0.1, 0.15) is 39.3 Å². The summed E-state index contributed by atoms with van der Waals surface area (Å²) < 4.78 is 5.32. The molecule has 0 unspecified atom stereocenters. The van der Waals surface area contributed by atoms with Gasteiger partial charge in [-0.05, 0) is 52.4 Å². The Morgan fingerprint density at radius 2 is 1.87 bits per heavy atom. The second kappa shape index (κ2) is 7.21. The van der Waals surface area contributed by atoms with Crippen molar-refractivity contribution in [3.8, 4) is 0 Å². The number of nitrogens with zero attached hydrogens (tertiary/aromatic N) is 2. The first-order valence-corrected chi connectivity index (χ1v) is 8.27. The van der Waals surface area contributed by atoms with Gasteiger partial charge in [0.25, 0.3) is 0 Å². The van der Waals surface area contributed by atoms with Crippen molar-refractivity contribution in [2.24, 2.45) is 0 Å². The number of nitrogens with one attached hydrogen (secondary N) is 1. The molecular weight excluding hydrogens is 290 g/mol. The van der Waals surface area contributed by atoms with E-state index < -0.39 is 5.60 Å². The number of hydrogen-bond acceptors (Lipinski definition) is 4. The molecule has 0 saturated carbocycles. The highest BCUT2D eigenvalue weighted by Crippen LogP contribution is 2.22. The van der Waals surface area contributed by atoms with E-state index in [0.717, 1.165) is 31.7 Å². The standard InChI is InChI=1S/C18H29N3O2/c1-14(19-17(22)23-18(2,3)4)15-7-6-8-16(13-15)21-11-9-20(5)10-12-21/h6-8,13-14H,9-12H2,1-5H3,(H,19,22)/t14-/m1/s1. The lowest BCUT2D eigenvalue weighted by Crippen LogP contribution is -2.44. The van der Waals surface area contributed by atoms with Crippen molar-refractivity contribution in [3.05, 3.63) is 29.8 Å². The minimum atomic E-state index is -0.481. The van der Waals surface area contributed by atoms with Gasteiger partial charge in [-0.15, -0.1) is 0 Å². The lowest BCUT2D eigenvalue weighted by molar-refractivity contribution is 0.0508. The average molecular weight is 319 g/mol. The Kier molecular flexibility index (Phi) is 5.52. The molecule has 0 radical (unpaired) electrons. The Balaban J connectivity index is 2.00. The van der Waals surface area contributed by atoms with E-state index >= 15 is 0 Å². The summed E-state index contributed by atoms with van der Waals surface area (Å²) in [6.07, 6.45) is -0.380. The molecule has 0 spiro atoms. The van der Waals surface area contributed by atoms with Gasteiger partial charge in [-0.25, -0.2) is 4.79 Å². The lowest BCUT2D eigenvalue weighted by atomic mass is 10.1. The van der Waals surface area contributed by atoms with E-state index in [1.165, 1.54) is 5.69 Å². The maximum Gasteiger partial charge on any atom is 0.408 e. The zero-order valence-corrected chi connectivity index (χ0v) is 14.9. The van der Waals surface area contributed by atoms with Gasteiger partial charge in [0, 0.05) is 31.9 Å². The molecule has 23 heavy (non-hydrogen) atoms. The maximum absolute atomic E-state index is 11.9. The molecule has 1 heterocycles. The first-order chi connectivity index (χ1) is 10.7. The van der Waals surface area contributed by atoms with Crippen LogP contribution in [0.2, 0.25) is 0 Å². The third-order valence-corrected chi connectivity index (χ3v) is 3.97. The van der Waals surface area contributed by atoms with Crippen LogP contribution in [0.4, 0.5) is 10.5 Å². The third kappa shape index (κ3) is 5.43. The fourth-order valence-electron chi connectivity index (χ4n) is 2.62. The number of amides is 1. The highest BCUT2D eigenvalue weighted by molar-refractivity contribution is 5.68. The molecule has 1 atom stereocenters. The van der Waals surface area contributed by atoms with Crippen LogP contribution in [0.25, 0.3) is 0 Å². The predicted molar refractivity (Wildman–Crippen MR) is 93.9 cm³/mol. The van der Waals surface area contributed by atoms with Gasteiger partial charge in [-0.3, -0.25) is 0 Å². The van der Waals surface area contributed by atoms with Crippen LogP contribution >= 0.6 is 0 Å². The van der Waals surface area contributed by atoms with E-state index in [0.29, 0.717) is 0 Å². The summed E-state index contributed by atoms with van der Waals surface area (Å²) in [4.78, 5) is 16.6. The summed E-state index contributed by atoms with van der Waals surface area (Å²) >= 11 is 0. The Morgan fingerprint density at radius 3 is 2.48 bits per heavy atom. The van der Waals surface area contributed by atoms with Crippen molar-refractivity contribution in [2.45, 2.75) is 39.3 Å². The van der Waals surface area contributed by atoms with Gasteiger partial charge >= 0.3 is 6.09 Å². The number of ether oxygens (including phenoxy) is 1. The van der Waals surface area contributed by atoms with Gasteiger partial charge in [0.2, 0.25) is 0 Å². The molecule has 1 aliphatic rings. The van der Waals surface area contributed by atoms with Gasteiger partial charge in [0.1, 0.15) is 5.60 Å². The van der Waals surface area contributed by atoms with Crippen LogP contribution in [0.15, 0.2) is 24.3 Å². The van der Waals surface area contributed by atoms with Crippen molar-refractivity contribution in [1.82, 2.24) is 10.2 Å². The minimum Gasteiger partial charge on any atom is -0.444 e. The number of hydrogen-bond donors (Lipinski definition) is 1. The fraction of sp³-hybridized carbons (Fsp3) is 0.611. The van der Waals surface area contributed by atoms with Gasteiger partial charge in [0.15, 0.2) is 0 Å². The Hall–Kier alpha value is -1.75. The summed E-state index contributed by atoms with van der Waals surface area (Å²) in [6, 6.07) is 8.30. The first kappa shape index (κ1) is 17.6. The number of piperazine rings is 1. The van der Waals surface area contributed by atoms with Crippen molar-refractivity contribution >= 4 is 11.8 Å². The number of rotatable bonds is 3. The number of likely N-dealkylation sites (N-methyl/N-ethyl adjacent to an activating group) is 1. The van der Waals surface area contributed by atoms with E-state index in [1.54, 1.807) is 0 Å². The lowest BCUT2D eigenvalue weighted by Gasteiger charge is -2.34. The largest absolute Gasteiger partial charge is 0.444 e. The molecule has 5 nitrogen and oxygen atoms in total. The number of carbonyl (C=O) groups is 1. The van der Waals surface area contributed by atoms with Crippen LogP contribution in [0.3, 0.4) is 0 Å². The second-order valence-electron chi connectivity index (χ2n) is 7.25. The molecular formula is C18H29N3O2. The molecule has 1 aliphatic heterocycles. The summed E-state index contributed by atoms with van der Waals surface area (Å²) in [6.45, 7) is 11.8. The summed E-state index contributed by atoms with van der Waals surface area (Å²) in [5, 5.41) is 2.90. The van der Waals surface area contributed by atoms with Gasteiger partial charge < -0.3 is 19.9 Å². The average Bonchev–Trinajstić information content (AvgIpc) is 2.46. The number of carbonyl (C=O) groups excluding carboxylic acids is 1.